The van der Waals surface area contributed by atoms with Gasteiger partial charge in [-0.15, -0.1) is 0 Å². The van der Waals surface area contributed by atoms with Crippen molar-refractivity contribution in [3.05, 3.63) is 12.2 Å². The van der Waals surface area contributed by atoms with E-state index < -0.39 is 6.10 Å². The summed E-state index contributed by atoms with van der Waals surface area (Å²) in [6.07, 6.45) is 32.0. The normalized spacial score (nSPS) is 12.2. The van der Waals surface area contributed by atoms with E-state index in [1.165, 1.54) is 134 Å². The van der Waals surface area contributed by atoms with Gasteiger partial charge >= 0.3 is 0 Å². The molecule has 1 atom stereocenters. The third-order valence-electron chi connectivity index (χ3n) is 7.94. The Morgan fingerprint density at radius 3 is 1.41 bits per heavy atom. The van der Waals surface area contributed by atoms with E-state index in [1.807, 2.05) is 0 Å². The fourth-order valence-corrected chi connectivity index (χ4v) is 5.24. The largest absolute Gasteiger partial charge is 0.394 e. The first kappa shape index (κ1) is 39.6. The van der Waals surface area contributed by atoms with Crippen molar-refractivity contribution >= 4 is 11.8 Å². The first-order chi connectivity index (χ1) is 20.0. The van der Waals surface area contributed by atoms with Crippen LogP contribution in [0.3, 0.4) is 0 Å². The molecule has 0 aliphatic carbocycles. The maximum atomic E-state index is 12.7. The quantitative estimate of drug-likeness (QED) is 0.0569. The number of amides is 2. The summed E-state index contributed by atoms with van der Waals surface area (Å²) in [5.41, 5.74) is 0. The van der Waals surface area contributed by atoms with E-state index in [4.69, 9.17) is 0 Å². The van der Waals surface area contributed by atoms with E-state index in [2.05, 4.69) is 19.2 Å². The lowest BCUT2D eigenvalue weighted by molar-refractivity contribution is -0.128. The summed E-state index contributed by atoms with van der Waals surface area (Å²) < 4.78 is 0. The maximum Gasteiger partial charge on any atom is 0.246 e. The Balaban J connectivity index is 3.97. The summed E-state index contributed by atoms with van der Waals surface area (Å²) in [5, 5.41) is 22.0. The van der Waals surface area contributed by atoms with E-state index >= 15 is 0 Å². The predicted octanol–water partition coefficient (Wildman–Crippen LogP) is 8.24. The number of aliphatic hydroxyl groups excluding tert-OH is 2. The number of aliphatic hydroxyl groups is 2. The molecule has 3 N–H and O–H groups in total. The van der Waals surface area contributed by atoms with Crippen LogP contribution in [0.15, 0.2) is 12.2 Å². The van der Waals surface area contributed by atoms with Crippen LogP contribution in [-0.2, 0) is 9.59 Å². The molecule has 0 rings (SSSR count). The molecule has 0 saturated carbocycles. The third kappa shape index (κ3) is 28.5. The molecule has 1 unspecified atom stereocenters. The summed E-state index contributed by atoms with van der Waals surface area (Å²) in [7, 11) is 0. The first-order valence-electron chi connectivity index (χ1n) is 17.6. The summed E-state index contributed by atoms with van der Waals surface area (Å²) >= 11 is 0. The molecule has 0 fully saturated rings. The number of nitrogens with one attached hydrogen (secondary N) is 1. The molecule has 0 aliphatic rings. The summed E-state index contributed by atoms with van der Waals surface area (Å²) in [6, 6.07) is 0. The number of rotatable bonds is 31. The predicted molar refractivity (Wildman–Crippen MR) is 174 cm³/mol. The molecule has 0 heterocycles. The lowest BCUT2D eigenvalue weighted by Gasteiger charge is -2.23. The average molecular weight is 581 g/mol. The number of hydrogen-bond donors (Lipinski definition) is 3. The SMILES string of the molecule is CCCCCCCCCCCCCCCCN(CC(O)CO)C(=O)/C=C\C(=O)NCCCCCCCCCCCC. The molecule has 0 aliphatic heterocycles. The second-order valence-electron chi connectivity index (χ2n) is 12.0. The van der Waals surface area contributed by atoms with Crippen molar-refractivity contribution in [2.75, 3.05) is 26.2 Å². The molecular weight excluding hydrogens is 512 g/mol. The van der Waals surface area contributed by atoms with Crippen LogP contribution in [0.1, 0.15) is 168 Å². The van der Waals surface area contributed by atoms with Gasteiger partial charge in [-0.25, -0.2) is 0 Å². The van der Waals surface area contributed by atoms with Gasteiger partial charge in [-0.2, -0.15) is 0 Å². The maximum absolute atomic E-state index is 12.7. The molecule has 0 radical (unpaired) electrons. The van der Waals surface area contributed by atoms with Crippen LogP contribution in [0.4, 0.5) is 0 Å². The Kier molecular flexibility index (Phi) is 30.5. The van der Waals surface area contributed by atoms with Gasteiger partial charge in [0.2, 0.25) is 11.8 Å². The Labute approximate surface area is 254 Å². The van der Waals surface area contributed by atoms with Gasteiger partial charge in [0.15, 0.2) is 0 Å². The summed E-state index contributed by atoms with van der Waals surface area (Å²) in [5.74, 6) is -0.547. The monoisotopic (exact) mass is 581 g/mol. The van der Waals surface area contributed by atoms with Crippen LogP contribution in [0, 0.1) is 0 Å². The van der Waals surface area contributed by atoms with E-state index in [1.54, 1.807) is 4.90 Å². The molecule has 0 spiro atoms. The van der Waals surface area contributed by atoms with Crippen molar-refractivity contribution in [1.29, 1.82) is 0 Å². The van der Waals surface area contributed by atoms with Crippen LogP contribution in [0.5, 0.6) is 0 Å². The number of hydrogen-bond acceptors (Lipinski definition) is 4. The van der Waals surface area contributed by atoms with Crippen molar-refractivity contribution in [2.45, 2.75) is 174 Å². The number of nitrogens with zero attached hydrogens (tertiary/aromatic N) is 1. The van der Waals surface area contributed by atoms with Gasteiger partial charge in [0.1, 0.15) is 0 Å². The fraction of sp³-hybridized carbons (Fsp3) is 0.886. The standard InChI is InChI=1S/C35H68N2O4/c1-3-5-7-9-11-13-15-16-17-18-20-22-24-26-30-37(31-33(39)32-38)35(41)28-27-34(40)36-29-25-23-21-19-14-12-10-8-6-4-2/h27-28,33,38-39H,3-26,29-32H2,1-2H3,(H,36,40)/b28-27-. The van der Waals surface area contributed by atoms with Gasteiger partial charge in [0, 0.05) is 31.8 Å². The molecule has 0 aromatic rings. The second-order valence-corrected chi connectivity index (χ2v) is 12.0. The van der Waals surface area contributed by atoms with E-state index in [0.717, 1.165) is 32.1 Å². The number of unbranched alkanes of at least 4 members (excludes halogenated alkanes) is 22. The molecule has 0 saturated heterocycles. The zero-order chi connectivity index (χ0) is 30.2. The molecule has 0 aromatic heterocycles. The molecule has 6 nitrogen and oxygen atoms in total. The van der Waals surface area contributed by atoms with Crippen molar-refractivity contribution in [1.82, 2.24) is 10.2 Å². The van der Waals surface area contributed by atoms with Crippen molar-refractivity contribution in [3.8, 4) is 0 Å². The second kappa shape index (κ2) is 31.5. The van der Waals surface area contributed by atoms with Crippen molar-refractivity contribution in [3.63, 3.8) is 0 Å². The van der Waals surface area contributed by atoms with Gasteiger partial charge < -0.3 is 20.4 Å². The Bertz CT molecular complexity index is 611. The molecule has 0 aromatic carbocycles. The van der Waals surface area contributed by atoms with Crippen molar-refractivity contribution in [2.24, 2.45) is 0 Å². The Hall–Kier alpha value is -1.40. The van der Waals surface area contributed by atoms with Crippen LogP contribution in [-0.4, -0.2) is 59.3 Å². The smallest absolute Gasteiger partial charge is 0.246 e. The van der Waals surface area contributed by atoms with Crippen LogP contribution in [0.2, 0.25) is 0 Å². The average Bonchev–Trinajstić information content (AvgIpc) is 2.98. The minimum Gasteiger partial charge on any atom is -0.394 e. The third-order valence-corrected chi connectivity index (χ3v) is 7.94. The van der Waals surface area contributed by atoms with Gasteiger partial charge in [-0.05, 0) is 12.8 Å². The molecule has 242 valence electrons. The van der Waals surface area contributed by atoms with Gasteiger partial charge in [-0.3, -0.25) is 9.59 Å². The molecule has 6 heteroatoms. The highest BCUT2D eigenvalue weighted by Gasteiger charge is 2.15. The summed E-state index contributed by atoms with van der Waals surface area (Å²) in [6.45, 7) is 5.35. The summed E-state index contributed by atoms with van der Waals surface area (Å²) in [4.78, 5) is 26.4. The minimum absolute atomic E-state index is 0.0817. The van der Waals surface area contributed by atoms with Crippen LogP contribution >= 0.6 is 0 Å². The van der Waals surface area contributed by atoms with E-state index in [9.17, 15) is 19.8 Å². The topological polar surface area (TPSA) is 89.9 Å². The molecular formula is C35H68N2O4. The molecule has 0 bridgehead atoms. The fourth-order valence-electron chi connectivity index (χ4n) is 5.24. The molecule has 2 amide bonds. The lowest BCUT2D eigenvalue weighted by Crippen LogP contribution is -2.38. The highest BCUT2D eigenvalue weighted by atomic mass is 16.3. The van der Waals surface area contributed by atoms with Crippen molar-refractivity contribution < 1.29 is 19.8 Å². The highest BCUT2D eigenvalue weighted by molar-refractivity contribution is 5.96. The van der Waals surface area contributed by atoms with Gasteiger partial charge in [0.25, 0.3) is 0 Å². The lowest BCUT2D eigenvalue weighted by atomic mass is 10.0. The van der Waals surface area contributed by atoms with Gasteiger partial charge in [-0.1, -0.05) is 155 Å². The first-order valence-corrected chi connectivity index (χ1v) is 17.6. The number of carbonyl (C=O) groups excluding carboxylic acids is 2. The Morgan fingerprint density at radius 1 is 0.610 bits per heavy atom. The van der Waals surface area contributed by atoms with E-state index in [0.29, 0.717) is 13.1 Å². The number of carbonyl (C=O) groups is 2. The van der Waals surface area contributed by atoms with Crippen LogP contribution in [0.25, 0.3) is 0 Å². The highest BCUT2D eigenvalue weighted by Crippen LogP contribution is 2.13. The van der Waals surface area contributed by atoms with Crippen LogP contribution < -0.4 is 5.32 Å². The minimum atomic E-state index is -0.968. The Morgan fingerprint density at radius 2 is 1.00 bits per heavy atom. The molecule has 41 heavy (non-hydrogen) atoms. The zero-order valence-corrected chi connectivity index (χ0v) is 27.2. The van der Waals surface area contributed by atoms with Gasteiger partial charge in [0.05, 0.1) is 12.7 Å². The van der Waals surface area contributed by atoms with E-state index in [-0.39, 0.29) is 25.0 Å². The zero-order valence-electron chi connectivity index (χ0n) is 27.2.